The molecular weight excluding hydrogens is 343 g/mol. The molecule has 0 saturated carbocycles. The smallest absolute Gasteiger partial charge is 0.416 e. The van der Waals surface area contributed by atoms with Crippen LogP contribution in [0.5, 0.6) is 5.75 Å². The van der Waals surface area contributed by atoms with Gasteiger partial charge in [0, 0.05) is 12.0 Å². The Balaban J connectivity index is 1.52. The third kappa shape index (κ3) is 4.57. The number of carbonyl (C=O) groups excluding carboxylic acids is 1. The van der Waals surface area contributed by atoms with Gasteiger partial charge < -0.3 is 10.1 Å². The molecule has 0 bridgehead atoms. The number of rotatable bonds is 3. The van der Waals surface area contributed by atoms with Crippen molar-refractivity contribution in [2.75, 3.05) is 13.2 Å². The van der Waals surface area contributed by atoms with Gasteiger partial charge in [-0.25, -0.2) is 0 Å². The number of halogens is 3. The molecule has 0 aromatic heterocycles. The van der Waals surface area contributed by atoms with Crippen LogP contribution in [0.2, 0.25) is 0 Å². The second-order valence-electron chi connectivity index (χ2n) is 5.87. The number of fused-ring (bicyclic) bond motifs is 1. The molecule has 26 heavy (non-hydrogen) atoms. The number of carbonyl (C=O) groups is 1. The summed E-state index contributed by atoms with van der Waals surface area (Å²) in [5.74, 6) is 5.97. The summed E-state index contributed by atoms with van der Waals surface area (Å²) in [4.78, 5) is 12.0. The van der Waals surface area contributed by atoms with E-state index in [0.29, 0.717) is 6.61 Å². The van der Waals surface area contributed by atoms with Gasteiger partial charge in [0.1, 0.15) is 5.75 Å². The van der Waals surface area contributed by atoms with Gasteiger partial charge in [0.05, 0.1) is 25.1 Å². The van der Waals surface area contributed by atoms with Gasteiger partial charge in [-0.1, -0.05) is 30.0 Å². The molecule has 0 fully saturated rings. The molecule has 0 spiro atoms. The summed E-state index contributed by atoms with van der Waals surface area (Å²) in [6.45, 7) is 0.735. The summed E-state index contributed by atoms with van der Waals surface area (Å²) in [6.07, 6.45) is -3.33. The number of nitrogens with one attached hydrogen (secondary N) is 1. The summed E-state index contributed by atoms with van der Waals surface area (Å²) in [5, 5.41) is 2.65. The number of amides is 1. The van der Waals surface area contributed by atoms with E-state index in [1.807, 2.05) is 18.2 Å². The molecule has 6 heteroatoms. The van der Waals surface area contributed by atoms with Crippen LogP contribution < -0.4 is 10.1 Å². The third-order valence-corrected chi connectivity index (χ3v) is 3.92. The molecule has 1 amide bonds. The average molecular weight is 359 g/mol. The maximum Gasteiger partial charge on any atom is 0.416 e. The zero-order valence-electron chi connectivity index (χ0n) is 13.8. The Morgan fingerprint density at radius 1 is 1.19 bits per heavy atom. The molecule has 1 N–H and O–H groups in total. The monoisotopic (exact) mass is 359 g/mol. The van der Waals surface area contributed by atoms with E-state index >= 15 is 0 Å². The minimum atomic E-state index is -4.40. The Hall–Kier alpha value is -2.94. The van der Waals surface area contributed by atoms with Crippen LogP contribution in [0.4, 0.5) is 13.2 Å². The molecule has 3 rings (SSSR count). The van der Waals surface area contributed by atoms with Crippen LogP contribution >= 0.6 is 0 Å². The largest absolute Gasteiger partial charge is 0.493 e. The molecule has 0 radical (unpaired) electrons. The number of hydrogen-bond acceptors (Lipinski definition) is 2. The van der Waals surface area contributed by atoms with E-state index < -0.39 is 11.7 Å². The van der Waals surface area contributed by atoms with Crippen molar-refractivity contribution in [3.8, 4) is 17.6 Å². The lowest BCUT2D eigenvalue weighted by Gasteiger charge is -2.06. The van der Waals surface area contributed by atoms with Crippen molar-refractivity contribution in [1.29, 1.82) is 0 Å². The van der Waals surface area contributed by atoms with Crippen molar-refractivity contribution in [2.45, 2.75) is 19.0 Å². The van der Waals surface area contributed by atoms with E-state index in [1.165, 1.54) is 12.1 Å². The molecule has 3 nitrogen and oxygen atoms in total. The van der Waals surface area contributed by atoms with Gasteiger partial charge in [-0.2, -0.15) is 13.2 Å². The van der Waals surface area contributed by atoms with Crippen molar-refractivity contribution in [3.05, 3.63) is 64.7 Å². The predicted octanol–water partition coefficient (Wildman–Crippen LogP) is 3.35. The molecule has 0 aliphatic carbocycles. The molecule has 134 valence electrons. The van der Waals surface area contributed by atoms with Crippen LogP contribution in [0.15, 0.2) is 42.5 Å². The lowest BCUT2D eigenvalue weighted by Crippen LogP contribution is -2.25. The Labute approximate surface area is 149 Å². The average Bonchev–Trinajstić information content (AvgIpc) is 3.06. The summed E-state index contributed by atoms with van der Waals surface area (Å²) in [5.41, 5.74) is 1.50. The van der Waals surface area contributed by atoms with Gasteiger partial charge in [-0.15, -0.1) is 0 Å². The van der Waals surface area contributed by atoms with E-state index in [0.717, 1.165) is 35.4 Å². The maximum absolute atomic E-state index is 12.6. The standard InChI is InChI=1S/C20H16F3NO2/c21-20(22,23)17-5-1-3-14(12-17)4-2-9-24-19(25)13-15-6-7-18-16(11-15)8-10-26-18/h1,3,5-7,11-12H,8-10,13H2,(H,24,25). The fourth-order valence-corrected chi connectivity index (χ4v) is 2.66. The molecule has 2 aromatic carbocycles. The Kier molecular flexibility index (Phi) is 5.17. The van der Waals surface area contributed by atoms with Crippen LogP contribution in [-0.2, 0) is 23.8 Å². The van der Waals surface area contributed by atoms with E-state index in [1.54, 1.807) is 0 Å². The van der Waals surface area contributed by atoms with E-state index in [2.05, 4.69) is 17.2 Å². The lowest BCUT2D eigenvalue weighted by atomic mass is 10.1. The van der Waals surface area contributed by atoms with Gasteiger partial charge in [0.25, 0.3) is 0 Å². The molecule has 1 heterocycles. The zero-order chi connectivity index (χ0) is 18.6. The first-order valence-corrected chi connectivity index (χ1v) is 8.09. The van der Waals surface area contributed by atoms with Gasteiger partial charge in [0.15, 0.2) is 0 Å². The number of benzene rings is 2. The number of ether oxygens (including phenoxy) is 1. The minimum Gasteiger partial charge on any atom is -0.493 e. The highest BCUT2D eigenvalue weighted by atomic mass is 19.4. The summed E-state index contributed by atoms with van der Waals surface area (Å²) in [6, 6.07) is 10.4. The first kappa shape index (κ1) is 17.9. The van der Waals surface area contributed by atoms with E-state index in [4.69, 9.17) is 4.74 Å². The van der Waals surface area contributed by atoms with Gasteiger partial charge >= 0.3 is 6.18 Å². The summed E-state index contributed by atoms with van der Waals surface area (Å²) >= 11 is 0. The van der Waals surface area contributed by atoms with Crippen molar-refractivity contribution in [2.24, 2.45) is 0 Å². The van der Waals surface area contributed by atoms with E-state index in [9.17, 15) is 18.0 Å². The number of hydrogen-bond donors (Lipinski definition) is 1. The van der Waals surface area contributed by atoms with Crippen LogP contribution in [0.25, 0.3) is 0 Å². The Morgan fingerprint density at radius 3 is 2.85 bits per heavy atom. The second-order valence-corrected chi connectivity index (χ2v) is 5.87. The molecule has 0 unspecified atom stereocenters. The van der Waals surface area contributed by atoms with Crippen molar-refractivity contribution >= 4 is 5.91 Å². The highest BCUT2D eigenvalue weighted by Gasteiger charge is 2.30. The Bertz CT molecular complexity index is 879. The minimum absolute atomic E-state index is 0.0726. The van der Waals surface area contributed by atoms with E-state index in [-0.39, 0.29) is 24.4 Å². The quantitative estimate of drug-likeness (QED) is 0.854. The lowest BCUT2D eigenvalue weighted by molar-refractivity contribution is -0.137. The summed E-state index contributed by atoms with van der Waals surface area (Å²) in [7, 11) is 0. The molecular formula is C20H16F3NO2. The van der Waals surface area contributed by atoms with Crippen LogP contribution in [0, 0.1) is 11.8 Å². The second kappa shape index (κ2) is 7.52. The van der Waals surface area contributed by atoms with Crippen molar-refractivity contribution < 1.29 is 22.7 Å². The third-order valence-electron chi connectivity index (χ3n) is 3.92. The molecule has 1 aliphatic heterocycles. The normalized spacial score (nSPS) is 12.6. The number of alkyl halides is 3. The van der Waals surface area contributed by atoms with Crippen molar-refractivity contribution in [1.82, 2.24) is 5.32 Å². The maximum atomic E-state index is 12.6. The topological polar surface area (TPSA) is 38.3 Å². The SMILES string of the molecule is O=C(Cc1ccc2c(c1)CCO2)NCC#Cc1cccc(C(F)(F)F)c1. The molecule has 1 aliphatic rings. The zero-order valence-corrected chi connectivity index (χ0v) is 13.8. The summed E-state index contributed by atoms with van der Waals surface area (Å²) < 4.78 is 43.3. The first-order chi connectivity index (χ1) is 12.4. The van der Waals surface area contributed by atoms with Crippen LogP contribution in [0.3, 0.4) is 0 Å². The van der Waals surface area contributed by atoms with Gasteiger partial charge in [-0.3, -0.25) is 4.79 Å². The van der Waals surface area contributed by atoms with Gasteiger partial charge in [-0.05, 0) is 35.4 Å². The predicted molar refractivity (Wildman–Crippen MR) is 90.7 cm³/mol. The fourth-order valence-electron chi connectivity index (χ4n) is 2.66. The highest BCUT2D eigenvalue weighted by Crippen LogP contribution is 2.29. The first-order valence-electron chi connectivity index (χ1n) is 8.09. The molecule has 2 aromatic rings. The van der Waals surface area contributed by atoms with Gasteiger partial charge in [0.2, 0.25) is 5.91 Å². The fraction of sp³-hybridized carbons (Fsp3) is 0.250. The highest BCUT2D eigenvalue weighted by molar-refractivity contribution is 5.79. The molecule has 0 saturated heterocycles. The van der Waals surface area contributed by atoms with Crippen LogP contribution in [-0.4, -0.2) is 19.1 Å². The van der Waals surface area contributed by atoms with Crippen molar-refractivity contribution in [3.63, 3.8) is 0 Å². The molecule has 0 atom stereocenters. The Morgan fingerprint density at radius 2 is 2.04 bits per heavy atom. The van der Waals surface area contributed by atoms with Crippen LogP contribution in [0.1, 0.15) is 22.3 Å².